The van der Waals surface area contributed by atoms with Gasteiger partial charge in [-0.15, -0.1) is 0 Å². The van der Waals surface area contributed by atoms with Crippen LogP contribution in [0, 0.1) is 0 Å². The summed E-state index contributed by atoms with van der Waals surface area (Å²) in [6.07, 6.45) is -3.71. The van der Waals surface area contributed by atoms with Gasteiger partial charge in [0.05, 0.1) is 31.0 Å². The Morgan fingerprint density at radius 2 is 1.75 bits per heavy atom. The van der Waals surface area contributed by atoms with Gasteiger partial charge < -0.3 is 30.6 Å². The number of H-pyrrole nitrogens is 1. The van der Waals surface area contributed by atoms with Gasteiger partial charge in [0.25, 0.3) is 5.56 Å². The summed E-state index contributed by atoms with van der Waals surface area (Å²) in [4.78, 5) is 31.1. The number of hydrogen-bond acceptors (Lipinski definition) is 16. The smallest absolute Gasteiger partial charge is 0.386 e. The van der Waals surface area contributed by atoms with Crippen LogP contribution in [0.3, 0.4) is 0 Å². The maximum absolute atomic E-state index is 13.5. The van der Waals surface area contributed by atoms with Crippen molar-refractivity contribution in [3.8, 4) is 0 Å². The number of aliphatic hydroxyl groups excluding tert-OH is 1. The van der Waals surface area contributed by atoms with Crippen LogP contribution in [0.4, 0.5) is 11.8 Å². The van der Waals surface area contributed by atoms with Gasteiger partial charge in [-0.1, -0.05) is 24.5 Å². The fraction of sp³-hybridized carbons (Fsp3) is 0.476. The molecule has 7 heterocycles. The molecule has 0 radical (unpaired) electrons. The molecule has 0 saturated carbocycles. The third-order valence-electron chi connectivity index (χ3n) is 7.34. The van der Waals surface area contributed by atoms with E-state index in [1.165, 1.54) is 21.8 Å². The van der Waals surface area contributed by atoms with Crippen molar-refractivity contribution in [2.45, 2.75) is 49.4 Å². The third-order valence-corrected chi connectivity index (χ3v) is 10.6. The zero-order valence-corrected chi connectivity index (χ0v) is 25.8. The Morgan fingerprint density at radius 3 is 2.57 bits per heavy atom. The summed E-state index contributed by atoms with van der Waals surface area (Å²) in [6.45, 7) is -9.13. The van der Waals surface area contributed by atoms with E-state index in [-0.39, 0.29) is 36.0 Å². The van der Waals surface area contributed by atoms with Gasteiger partial charge in [0.1, 0.15) is 42.2 Å². The monoisotopic (exact) mass is 689 g/mol. The first-order chi connectivity index (χ1) is 20.9. The lowest BCUT2D eigenvalue weighted by Gasteiger charge is -2.26. The minimum Gasteiger partial charge on any atom is -0.386 e. The normalized spacial score (nSPS) is 36.6. The minimum absolute atomic E-state index is 0.0172. The van der Waals surface area contributed by atoms with E-state index in [1.54, 1.807) is 12.3 Å². The van der Waals surface area contributed by atoms with Crippen molar-refractivity contribution in [1.29, 1.82) is 0 Å². The topological polar surface area (TPSA) is 256 Å². The number of thiol groups is 2. The predicted molar refractivity (Wildman–Crippen MR) is 158 cm³/mol. The van der Waals surface area contributed by atoms with Gasteiger partial charge in [0.2, 0.25) is 5.95 Å². The molecule has 0 aromatic carbocycles. The highest BCUT2D eigenvalue weighted by atomic mass is 32.7. The summed E-state index contributed by atoms with van der Waals surface area (Å²) in [5, 5.41) is 11.8. The lowest BCUT2D eigenvalue weighted by Crippen LogP contribution is -2.35. The van der Waals surface area contributed by atoms with Crippen LogP contribution in [0.5, 0.6) is 0 Å². The summed E-state index contributed by atoms with van der Waals surface area (Å²) < 4.78 is 64.6. The van der Waals surface area contributed by atoms with E-state index in [1.807, 2.05) is 0 Å². The van der Waals surface area contributed by atoms with Gasteiger partial charge in [-0.25, -0.2) is 24.1 Å². The van der Waals surface area contributed by atoms with Crippen molar-refractivity contribution >= 4 is 72.1 Å². The summed E-state index contributed by atoms with van der Waals surface area (Å²) in [6, 6.07) is 1.64. The molecule has 19 nitrogen and oxygen atoms in total. The number of nitrogen functional groups attached to an aromatic ring is 2. The zero-order valence-electron chi connectivity index (χ0n) is 22.2. The number of aromatic amines is 1. The second-order valence-corrected chi connectivity index (χ2v) is 15.9. The Labute approximate surface area is 256 Å². The van der Waals surface area contributed by atoms with Crippen molar-refractivity contribution in [2.75, 3.05) is 24.7 Å². The van der Waals surface area contributed by atoms with Crippen LogP contribution in [-0.4, -0.2) is 82.9 Å². The van der Waals surface area contributed by atoms with Crippen LogP contribution in [0.1, 0.15) is 18.9 Å². The van der Waals surface area contributed by atoms with Crippen molar-refractivity contribution in [3.05, 3.63) is 35.3 Å². The molecule has 3 saturated heterocycles. The number of fused-ring (bicyclic) bond motifs is 5. The molecule has 0 unspecified atom stereocenters. The number of rotatable bonds is 2. The molecule has 0 amide bonds. The number of ether oxygens (including phenoxy) is 2. The molecule has 23 heteroatoms. The molecule has 4 aromatic heterocycles. The molecule has 3 aliphatic heterocycles. The first-order valence-corrected chi connectivity index (χ1v) is 18.4. The molecular weight excluding hydrogens is 664 g/mol. The zero-order chi connectivity index (χ0) is 31.0. The van der Waals surface area contributed by atoms with Crippen molar-refractivity contribution in [3.63, 3.8) is 0 Å². The van der Waals surface area contributed by atoms with E-state index in [0.717, 1.165) is 0 Å². The van der Waals surface area contributed by atoms with E-state index in [4.69, 9.17) is 39.0 Å². The highest BCUT2D eigenvalue weighted by molar-refractivity contribution is 8.44. The summed E-state index contributed by atoms with van der Waals surface area (Å²) >= 11 is 8.27. The van der Waals surface area contributed by atoms with Crippen molar-refractivity contribution in [1.82, 2.24) is 34.1 Å². The van der Waals surface area contributed by atoms with Gasteiger partial charge in [0.15, 0.2) is 23.6 Å². The number of imidazole rings is 1. The Balaban J connectivity index is 1.19. The highest BCUT2D eigenvalue weighted by Crippen LogP contribution is 2.60. The van der Waals surface area contributed by atoms with Gasteiger partial charge >= 0.3 is 13.6 Å². The van der Waals surface area contributed by atoms with Crippen LogP contribution < -0.4 is 17.0 Å². The lowest BCUT2D eigenvalue weighted by atomic mass is 10.1. The molecule has 236 valence electrons. The molecular formula is C21H25N9O10P2S2. The molecule has 7 rings (SSSR count). The summed E-state index contributed by atoms with van der Waals surface area (Å²) in [5.74, 6) is 0.0585. The number of aliphatic hydroxyl groups is 1. The largest absolute Gasteiger partial charge is 0.386 e. The van der Waals surface area contributed by atoms with Crippen LogP contribution in [0.2, 0.25) is 0 Å². The van der Waals surface area contributed by atoms with Gasteiger partial charge in [-0.3, -0.25) is 32.4 Å². The average molecular weight is 690 g/mol. The molecule has 0 aliphatic carbocycles. The number of nitrogens with two attached hydrogens (primary N) is 2. The Hall–Kier alpha value is -2.55. The Bertz CT molecular complexity index is 1910. The highest BCUT2D eigenvalue weighted by Gasteiger charge is 2.51. The van der Waals surface area contributed by atoms with E-state index >= 15 is 0 Å². The first kappa shape index (κ1) is 30.1. The fourth-order valence-corrected chi connectivity index (χ4v) is 8.43. The lowest BCUT2D eigenvalue weighted by molar-refractivity contribution is -0.0570. The van der Waals surface area contributed by atoms with Crippen LogP contribution in [0.15, 0.2) is 29.7 Å². The SMILES string of the molecule is Nc1nc2c(ncn2[C@@H]2O[C@@H]3CO[P@](=O)(S)O[C@H]4[C@@H](O)[C@H](n5ccc6c(N)ncnc65)O[C@@H]4CO[P@](=O)(S)O[C@@H]2C3)c(=O)[nH]1. The van der Waals surface area contributed by atoms with Crippen LogP contribution in [0.25, 0.3) is 22.2 Å². The molecule has 6 N–H and O–H groups in total. The number of nitrogens with zero attached hydrogens (tertiary/aromatic N) is 6. The number of anilines is 2. The minimum atomic E-state index is -4.17. The Morgan fingerprint density at radius 1 is 0.977 bits per heavy atom. The van der Waals surface area contributed by atoms with E-state index < -0.39 is 68.7 Å². The molecule has 4 aromatic rings. The van der Waals surface area contributed by atoms with E-state index in [2.05, 4.69) is 49.4 Å². The fourth-order valence-electron chi connectivity index (χ4n) is 5.43. The van der Waals surface area contributed by atoms with E-state index in [0.29, 0.717) is 11.0 Å². The maximum Gasteiger partial charge on any atom is 0.386 e. The molecule has 2 bridgehead atoms. The maximum atomic E-state index is 13.5. The number of aromatic nitrogens is 7. The van der Waals surface area contributed by atoms with Crippen molar-refractivity contribution in [2.24, 2.45) is 0 Å². The van der Waals surface area contributed by atoms with Crippen LogP contribution >= 0.6 is 38.1 Å². The molecule has 9 atom stereocenters. The van der Waals surface area contributed by atoms with Gasteiger partial charge in [-0.05, 0) is 6.07 Å². The van der Waals surface area contributed by atoms with Gasteiger partial charge in [-0.2, -0.15) is 4.98 Å². The van der Waals surface area contributed by atoms with Crippen LogP contribution in [-0.2, 0) is 36.7 Å². The summed E-state index contributed by atoms with van der Waals surface area (Å²) in [5.41, 5.74) is 11.5. The third kappa shape index (κ3) is 5.45. The standard InChI is InChI=1S/C21H25N9O10P2S2/c22-15-9-1-2-29(16(9)25-6-24-15)20-13(31)14-11(38-20)5-36-41(33,43)39-10-3-8(4-35-42(34,44)40-14)37-19(10)30-7-26-12-17(30)27-21(23)28-18(12)32/h1-2,6-8,10-11,13-14,19-20,31H,3-5H2,(H,33,43)(H,34,44)(H2,22,24,25)(H3,23,27,28,32)/t8-,10+,11+,13+,14+,19+,20+,41-,42-/m0/s1. The van der Waals surface area contributed by atoms with E-state index in [9.17, 15) is 19.0 Å². The Kier molecular flexibility index (Phi) is 7.57. The molecule has 44 heavy (non-hydrogen) atoms. The molecule has 0 spiro atoms. The number of nitrogens with one attached hydrogen (secondary N) is 1. The number of hydrogen-bond donors (Lipinski definition) is 6. The second kappa shape index (κ2) is 11.1. The predicted octanol–water partition coefficient (Wildman–Crippen LogP) is 1.17. The quantitative estimate of drug-likeness (QED) is 0.128. The second-order valence-electron chi connectivity index (χ2n) is 10.2. The molecule has 3 fully saturated rings. The van der Waals surface area contributed by atoms with Gasteiger partial charge in [0, 0.05) is 12.6 Å². The van der Waals surface area contributed by atoms with Crippen molar-refractivity contribution < 1.29 is 41.8 Å². The first-order valence-electron chi connectivity index (χ1n) is 13.0. The average Bonchev–Trinajstić information content (AvgIpc) is 3.72. The molecule has 3 aliphatic rings. The summed E-state index contributed by atoms with van der Waals surface area (Å²) in [7, 11) is 0.